The summed E-state index contributed by atoms with van der Waals surface area (Å²) in [5.41, 5.74) is 1.67. The lowest BCUT2D eigenvalue weighted by molar-refractivity contribution is 0.102. The molecule has 0 saturated carbocycles. The van der Waals surface area contributed by atoms with E-state index >= 15 is 0 Å². The standard InChI is InChI=1S/C18H17N3O4S/c1-12-17(13(2)25-20-12)19-18(22)14-7-6-8-15(11-14)21-26(23,24)16-9-4-3-5-10-16/h3-11,21H,1-2H3,(H,19,22). The van der Waals surface area contributed by atoms with Crippen molar-refractivity contribution < 1.29 is 17.7 Å². The van der Waals surface area contributed by atoms with Gasteiger partial charge in [-0.3, -0.25) is 9.52 Å². The monoisotopic (exact) mass is 371 g/mol. The summed E-state index contributed by atoms with van der Waals surface area (Å²) < 4.78 is 32.3. The third kappa shape index (κ3) is 3.75. The van der Waals surface area contributed by atoms with Crippen LogP contribution >= 0.6 is 0 Å². The van der Waals surface area contributed by atoms with Gasteiger partial charge in [0.05, 0.1) is 4.90 Å². The van der Waals surface area contributed by atoms with Crippen molar-refractivity contribution in [2.45, 2.75) is 18.7 Å². The number of carbonyl (C=O) groups excluding carboxylic acids is 1. The molecule has 3 rings (SSSR count). The molecule has 8 heteroatoms. The summed E-state index contributed by atoms with van der Waals surface area (Å²) in [6, 6.07) is 14.2. The van der Waals surface area contributed by atoms with Gasteiger partial charge in [-0.25, -0.2) is 8.42 Å². The Labute approximate surface area is 151 Å². The van der Waals surface area contributed by atoms with Crippen LogP contribution in [0.1, 0.15) is 21.8 Å². The molecule has 0 aliphatic heterocycles. The van der Waals surface area contributed by atoms with Gasteiger partial charge in [-0.2, -0.15) is 0 Å². The molecule has 0 aliphatic carbocycles. The van der Waals surface area contributed by atoms with Crippen LogP contribution in [0.15, 0.2) is 64.0 Å². The van der Waals surface area contributed by atoms with E-state index in [4.69, 9.17) is 4.52 Å². The molecule has 1 amide bonds. The maximum absolute atomic E-state index is 12.4. The Balaban J connectivity index is 1.81. The van der Waals surface area contributed by atoms with Gasteiger partial charge in [0.25, 0.3) is 15.9 Å². The van der Waals surface area contributed by atoms with E-state index in [9.17, 15) is 13.2 Å². The summed E-state index contributed by atoms with van der Waals surface area (Å²) in [5, 5.41) is 6.51. The summed E-state index contributed by atoms with van der Waals surface area (Å²) in [6.07, 6.45) is 0. The number of amides is 1. The fourth-order valence-electron chi connectivity index (χ4n) is 2.38. The largest absolute Gasteiger partial charge is 0.359 e. The Morgan fingerprint density at radius 1 is 1.04 bits per heavy atom. The van der Waals surface area contributed by atoms with E-state index in [0.717, 1.165) is 0 Å². The third-order valence-corrected chi connectivity index (χ3v) is 5.10. The number of carbonyl (C=O) groups is 1. The SMILES string of the molecule is Cc1noc(C)c1NC(=O)c1cccc(NS(=O)(=O)c2ccccc2)c1. The predicted octanol–water partition coefficient (Wildman–Crippen LogP) is 3.34. The molecule has 7 nitrogen and oxygen atoms in total. The Bertz CT molecular complexity index is 1020. The smallest absolute Gasteiger partial charge is 0.261 e. The second-order valence-electron chi connectivity index (χ2n) is 5.65. The number of aryl methyl sites for hydroxylation is 2. The first kappa shape index (κ1) is 17.7. The molecule has 0 unspecified atom stereocenters. The lowest BCUT2D eigenvalue weighted by Crippen LogP contribution is -2.15. The molecule has 0 spiro atoms. The van der Waals surface area contributed by atoms with E-state index in [1.54, 1.807) is 50.2 Å². The number of hydrogen-bond acceptors (Lipinski definition) is 5. The van der Waals surface area contributed by atoms with Crippen LogP contribution in [0.3, 0.4) is 0 Å². The highest BCUT2D eigenvalue weighted by molar-refractivity contribution is 7.92. The van der Waals surface area contributed by atoms with E-state index < -0.39 is 10.0 Å². The van der Waals surface area contributed by atoms with E-state index in [1.165, 1.54) is 18.2 Å². The predicted molar refractivity (Wildman–Crippen MR) is 97.6 cm³/mol. The van der Waals surface area contributed by atoms with Crippen molar-refractivity contribution in [2.75, 3.05) is 10.0 Å². The number of nitrogens with one attached hydrogen (secondary N) is 2. The van der Waals surface area contributed by atoms with Crippen LogP contribution in [-0.4, -0.2) is 19.5 Å². The average Bonchev–Trinajstić information content (AvgIpc) is 2.94. The molecule has 0 fully saturated rings. The molecule has 1 heterocycles. The fourth-order valence-corrected chi connectivity index (χ4v) is 3.46. The van der Waals surface area contributed by atoms with Crippen molar-refractivity contribution in [2.24, 2.45) is 0 Å². The highest BCUT2D eigenvalue weighted by Gasteiger charge is 2.16. The molecule has 1 aromatic heterocycles. The summed E-state index contributed by atoms with van der Waals surface area (Å²) in [6.45, 7) is 3.41. The van der Waals surface area contributed by atoms with E-state index in [2.05, 4.69) is 15.2 Å². The van der Waals surface area contributed by atoms with Gasteiger partial charge in [-0.05, 0) is 44.2 Å². The first-order valence-electron chi connectivity index (χ1n) is 7.79. The Morgan fingerprint density at radius 2 is 1.77 bits per heavy atom. The molecule has 0 bridgehead atoms. The first-order valence-corrected chi connectivity index (χ1v) is 9.27. The van der Waals surface area contributed by atoms with Crippen molar-refractivity contribution in [3.8, 4) is 0 Å². The zero-order chi connectivity index (χ0) is 18.7. The molecule has 2 N–H and O–H groups in total. The maximum Gasteiger partial charge on any atom is 0.261 e. The number of benzene rings is 2. The summed E-state index contributed by atoms with van der Waals surface area (Å²) in [7, 11) is -3.73. The lowest BCUT2D eigenvalue weighted by atomic mass is 10.2. The molecule has 26 heavy (non-hydrogen) atoms. The van der Waals surface area contributed by atoms with Crippen LogP contribution in [0.25, 0.3) is 0 Å². The van der Waals surface area contributed by atoms with Crippen molar-refractivity contribution in [3.05, 3.63) is 71.6 Å². The van der Waals surface area contributed by atoms with Crippen molar-refractivity contribution in [1.82, 2.24) is 5.16 Å². The quantitative estimate of drug-likeness (QED) is 0.716. The highest BCUT2D eigenvalue weighted by atomic mass is 32.2. The van der Waals surface area contributed by atoms with Gasteiger partial charge in [0, 0.05) is 11.3 Å². The van der Waals surface area contributed by atoms with Gasteiger partial charge in [0.15, 0.2) is 5.76 Å². The lowest BCUT2D eigenvalue weighted by Gasteiger charge is -2.10. The van der Waals surface area contributed by atoms with Gasteiger partial charge in [-0.15, -0.1) is 0 Å². The Hall–Kier alpha value is -3.13. The number of aromatic nitrogens is 1. The van der Waals surface area contributed by atoms with E-state index in [-0.39, 0.29) is 10.8 Å². The minimum atomic E-state index is -3.73. The number of anilines is 2. The summed E-state index contributed by atoms with van der Waals surface area (Å²) >= 11 is 0. The van der Waals surface area contributed by atoms with Crippen LogP contribution in [0.2, 0.25) is 0 Å². The first-order chi connectivity index (χ1) is 12.4. The Morgan fingerprint density at radius 3 is 2.42 bits per heavy atom. The van der Waals surface area contributed by atoms with Crippen LogP contribution in [0.5, 0.6) is 0 Å². The summed E-state index contributed by atoms with van der Waals surface area (Å²) in [4.78, 5) is 12.6. The van der Waals surface area contributed by atoms with Crippen LogP contribution in [0, 0.1) is 13.8 Å². The van der Waals surface area contributed by atoms with Crippen molar-refractivity contribution in [3.63, 3.8) is 0 Å². The second-order valence-corrected chi connectivity index (χ2v) is 7.34. The number of rotatable bonds is 5. The van der Waals surface area contributed by atoms with Crippen LogP contribution in [-0.2, 0) is 10.0 Å². The third-order valence-electron chi connectivity index (χ3n) is 3.70. The molecule has 3 aromatic rings. The molecule has 0 saturated heterocycles. The van der Waals surface area contributed by atoms with Crippen molar-refractivity contribution >= 4 is 27.3 Å². The molecule has 0 radical (unpaired) electrons. The number of nitrogens with zero attached hydrogens (tertiary/aromatic N) is 1. The number of sulfonamides is 1. The molecule has 0 aliphatic rings. The topological polar surface area (TPSA) is 101 Å². The maximum atomic E-state index is 12.4. The fraction of sp³-hybridized carbons (Fsp3) is 0.111. The summed E-state index contributed by atoms with van der Waals surface area (Å²) in [5.74, 6) is 0.108. The van der Waals surface area contributed by atoms with Gasteiger partial charge in [0.2, 0.25) is 0 Å². The zero-order valence-electron chi connectivity index (χ0n) is 14.2. The van der Waals surface area contributed by atoms with E-state index in [1.807, 2.05) is 0 Å². The van der Waals surface area contributed by atoms with Gasteiger partial charge in [-0.1, -0.05) is 29.4 Å². The number of hydrogen-bond donors (Lipinski definition) is 2. The second kappa shape index (κ2) is 7.01. The molecular weight excluding hydrogens is 354 g/mol. The minimum Gasteiger partial charge on any atom is -0.359 e. The zero-order valence-corrected chi connectivity index (χ0v) is 15.0. The van der Waals surface area contributed by atoms with Crippen molar-refractivity contribution in [1.29, 1.82) is 0 Å². The normalized spacial score (nSPS) is 11.2. The molecular formula is C18H17N3O4S. The minimum absolute atomic E-state index is 0.144. The van der Waals surface area contributed by atoms with Crippen LogP contribution in [0.4, 0.5) is 11.4 Å². The van der Waals surface area contributed by atoms with Gasteiger partial charge >= 0.3 is 0 Å². The van der Waals surface area contributed by atoms with E-state index in [0.29, 0.717) is 28.4 Å². The highest BCUT2D eigenvalue weighted by Crippen LogP contribution is 2.21. The molecule has 134 valence electrons. The molecule has 2 aromatic carbocycles. The van der Waals surface area contributed by atoms with Gasteiger partial charge in [0.1, 0.15) is 11.4 Å². The molecule has 0 atom stereocenters. The van der Waals surface area contributed by atoms with Crippen LogP contribution < -0.4 is 10.0 Å². The average molecular weight is 371 g/mol. The Kier molecular flexibility index (Phi) is 4.77. The van der Waals surface area contributed by atoms with Gasteiger partial charge < -0.3 is 9.84 Å².